The highest BCUT2D eigenvalue weighted by molar-refractivity contribution is 6.00. The van der Waals surface area contributed by atoms with Gasteiger partial charge in [-0.05, 0) is 23.6 Å². The molecule has 5 nitrogen and oxygen atoms in total. The molecule has 2 aromatic carbocycles. The van der Waals surface area contributed by atoms with Crippen molar-refractivity contribution < 1.29 is 14.3 Å². The fraction of sp³-hybridized carbons (Fsp3) is 0.304. The number of nitrogens with zero attached hydrogens (tertiary/aromatic N) is 1. The first-order chi connectivity index (χ1) is 13.7. The van der Waals surface area contributed by atoms with Crippen molar-refractivity contribution >= 4 is 17.9 Å². The zero-order chi connectivity index (χ0) is 19.8. The molecule has 1 atom stereocenters. The molecule has 0 aromatic heterocycles. The maximum atomic E-state index is 13.1. The Bertz CT molecular complexity index is 812. The minimum Gasteiger partial charge on any atom is -0.378 e. The highest BCUT2D eigenvalue weighted by Crippen LogP contribution is 2.19. The third-order valence-corrected chi connectivity index (χ3v) is 4.79. The number of hydrogen-bond acceptors (Lipinski definition) is 3. The lowest BCUT2D eigenvalue weighted by molar-refractivity contribution is -0.139. The first kappa shape index (κ1) is 19.8. The van der Waals surface area contributed by atoms with Crippen LogP contribution < -0.4 is 5.32 Å². The Hall–Kier alpha value is -2.92. The van der Waals surface area contributed by atoms with Crippen molar-refractivity contribution in [1.29, 1.82) is 0 Å². The zero-order valence-corrected chi connectivity index (χ0v) is 16.1. The van der Waals surface area contributed by atoms with E-state index in [2.05, 4.69) is 5.32 Å². The molecule has 3 rings (SSSR count). The summed E-state index contributed by atoms with van der Waals surface area (Å²) in [6, 6.07) is 18.4. The van der Waals surface area contributed by atoms with E-state index in [1.54, 1.807) is 4.90 Å². The van der Waals surface area contributed by atoms with E-state index in [4.69, 9.17) is 4.74 Å². The highest BCUT2D eigenvalue weighted by atomic mass is 16.5. The van der Waals surface area contributed by atoms with Crippen molar-refractivity contribution in [3.05, 3.63) is 77.4 Å². The largest absolute Gasteiger partial charge is 0.378 e. The van der Waals surface area contributed by atoms with Gasteiger partial charge in [0.25, 0.3) is 0 Å². The SMILES string of the molecule is CC/C(=C\c1ccccc1)C(=O)N[C@H](C(=O)N1CCOCC1)c1ccccc1. The van der Waals surface area contributed by atoms with Crippen LogP contribution in [-0.2, 0) is 14.3 Å². The van der Waals surface area contributed by atoms with Gasteiger partial charge in [-0.25, -0.2) is 0 Å². The number of amides is 2. The van der Waals surface area contributed by atoms with Crippen LogP contribution in [0.2, 0.25) is 0 Å². The standard InChI is InChI=1S/C23H26N2O3/c1-2-19(17-18-9-5-3-6-10-18)22(26)24-21(20-11-7-4-8-12-20)23(27)25-13-15-28-16-14-25/h3-12,17,21H,2,13-16H2,1H3,(H,24,26)/b19-17+/t21-/m0/s1. The topological polar surface area (TPSA) is 58.6 Å². The Morgan fingerprint density at radius 2 is 1.64 bits per heavy atom. The monoisotopic (exact) mass is 378 g/mol. The summed E-state index contributed by atoms with van der Waals surface area (Å²) in [4.78, 5) is 27.9. The molecule has 0 saturated carbocycles. The first-order valence-corrected chi connectivity index (χ1v) is 9.67. The van der Waals surface area contributed by atoms with Crippen molar-refractivity contribution in [2.45, 2.75) is 19.4 Å². The van der Waals surface area contributed by atoms with Gasteiger partial charge in [-0.2, -0.15) is 0 Å². The van der Waals surface area contributed by atoms with Gasteiger partial charge >= 0.3 is 0 Å². The second-order valence-electron chi connectivity index (χ2n) is 6.69. The number of nitrogens with one attached hydrogen (secondary N) is 1. The first-order valence-electron chi connectivity index (χ1n) is 9.67. The molecule has 1 N–H and O–H groups in total. The normalized spacial score (nSPS) is 15.8. The maximum absolute atomic E-state index is 13.1. The molecule has 0 radical (unpaired) electrons. The Labute approximate surface area is 166 Å². The number of hydrogen-bond donors (Lipinski definition) is 1. The van der Waals surface area contributed by atoms with Gasteiger partial charge in [0.15, 0.2) is 0 Å². The van der Waals surface area contributed by atoms with Gasteiger partial charge in [0.05, 0.1) is 13.2 Å². The van der Waals surface area contributed by atoms with Crippen LogP contribution in [0.15, 0.2) is 66.2 Å². The molecule has 0 unspecified atom stereocenters. The van der Waals surface area contributed by atoms with Crippen molar-refractivity contribution in [2.75, 3.05) is 26.3 Å². The Kier molecular flexibility index (Phi) is 6.98. The van der Waals surface area contributed by atoms with E-state index < -0.39 is 6.04 Å². The number of morpholine rings is 1. The Morgan fingerprint density at radius 3 is 2.25 bits per heavy atom. The van der Waals surface area contributed by atoms with E-state index in [1.165, 1.54) is 0 Å². The number of rotatable bonds is 6. The number of ether oxygens (including phenoxy) is 1. The summed E-state index contributed by atoms with van der Waals surface area (Å²) >= 11 is 0. The van der Waals surface area contributed by atoms with Gasteiger partial charge in [0, 0.05) is 18.7 Å². The van der Waals surface area contributed by atoms with Gasteiger partial charge in [-0.3, -0.25) is 9.59 Å². The van der Waals surface area contributed by atoms with E-state index in [1.807, 2.05) is 73.7 Å². The molecule has 2 aromatic rings. The highest BCUT2D eigenvalue weighted by Gasteiger charge is 2.29. The van der Waals surface area contributed by atoms with Crippen LogP contribution in [0.1, 0.15) is 30.5 Å². The number of benzene rings is 2. The average Bonchev–Trinajstić information content (AvgIpc) is 2.77. The summed E-state index contributed by atoms with van der Waals surface area (Å²) in [5.41, 5.74) is 2.38. The van der Waals surface area contributed by atoms with Crippen LogP contribution in [0.3, 0.4) is 0 Å². The lowest BCUT2D eigenvalue weighted by atomic mass is 10.0. The van der Waals surface area contributed by atoms with Crippen LogP contribution in [0.25, 0.3) is 6.08 Å². The van der Waals surface area contributed by atoms with Gasteiger partial charge in [-0.1, -0.05) is 67.6 Å². The molecule has 1 heterocycles. The molecule has 5 heteroatoms. The second-order valence-corrected chi connectivity index (χ2v) is 6.69. The molecule has 0 spiro atoms. The molecule has 1 aliphatic heterocycles. The lowest BCUT2D eigenvalue weighted by Crippen LogP contribution is -2.47. The summed E-state index contributed by atoms with van der Waals surface area (Å²) in [6.07, 6.45) is 2.45. The van der Waals surface area contributed by atoms with Gasteiger partial charge < -0.3 is 15.0 Å². The van der Waals surface area contributed by atoms with E-state index in [-0.39, 0.29) is 11.8 Å². The zero-order valence-electron chi connectivity index (χ0n) is 16.1. The molecule has 1 saturated heterocycles. The average molecular weight is 378 g/mol. The third-order valence-electron chi connectivity index (χ3n) is 4.79. The summed E-state index contributed by atoms with van der Waals surface area (Å²) in [5.74, 6) is -0.320. The van der Waals surface area contributed by atoms with Crippen LogP contribution in [0.4, 0.5) is 0 Å². The Balaban J connectivity index is 1.83. The van der Waals surface area contributed by atoms with Crippen molar-refractivity contribution in [1.82, 2.24) is 10.2 Å². The quantitative estimate of drug-likeness (QED) is 0.786. The molecule has 0 aliphatic carbocycles. The van der Waals surface area contributed by atoms with Crippen LogP contribution in [0.5, 0.6) is 0 Å². The molecular formula is C23H26N2O3. The fourth-order valence-corrected chi connectivity index (χ4v) is 3.20. The van der Waals surface area contributed by atoms with E-state index in [0.717, 1.165) is 11.1 Å². The predicted octanol–water partition coefficient (Wildman–Crippen LogP) is 3.20. The fourth-order valence-electron chi connectivity index (χ4n) is 3.20. The molecule has 1 aliphatic rings. The molecule has 0 bridgehead atoms. The van der Waals surface area contributed by atoms with E-state index in [9.17, 15) is 9.59 Å². The van der Waals surface area contributed by atoms with Gasteiger partial charge in [-0.15, -0.1) is 0 Å². The summed E-state index contributed by atoms with van der Waals surface area (Å²) < 4.78 is 5.35. The molecule has 28 heavy (non-hydrogen) atoms. The minimum absolute atomic E-state index is 0.0991. The third kappa shape index (κ3) is 5.08. The smallest absolute Gasteiger partial charge is 0.249 e. The molecule has 1 fully saturated rings. The molecule has 2 amide bonds. The summed E-state index contributed by atoms with van der Waals surface area (Å²) in [7, 11) is 0. The number of carbonyl (C=O) groups is 2. The van der Waals surface area contributed by atoms with Crippen LogP contribution in [0, 0.1) is 0 Å². The van der Waals surface area contributed by atoms with E-state index in [0.29, 0.717) is 38.3 Å². The summed E-state index contributed by atoms with van der Waals surface area (Å²) in [6.45, 7) is 4.07. The van der Waals surface area contributed by atoms with Gasteiger partial charge in [0.1, 0.15) is 6.04 Å². The van der Waals surface area contributed by atoms with Crippen LogP contribution in [-0.4, -0.2) is 43.0 Å². The summed E-state index contributed by atoms with van der Waals surface area (Å²) in [5, 5.41) is 2.96. The van der Waals surface area contributed by atoms with Crippen molar-refractivity contribution in [3.8, 4) is 0 Å². The maximum Gasteiger partial charge on any atom is 0.249 e. The molecular weight excluding hydrogens is 352 g/mol. The van der Waals surface area contributed by atoms with E-state index >= 15 is 0 Å². The van der Waals surface area contributed by atoms with Crippen molar-refractivity contribution in [2.24, 2.45) is 0 Å². The van der Waals surface area contributed by atoms with Gasteiger partial charge in [0.2, 0.25) is 11.8 Å². The lowest BCUT2D eigenvalue weighted by Gasteiger charge is -2.31. The number of carbonyl (C=O) groups excluding carboxylic acids is 2. The predicted molar refractivity (Wildman–Crippen MR) is 109 cm³/mol. The Morgan fingerprint density at radius 1 is 1.04 bits per heavy atom. The second kappa shape index (κ2) is 9.85. The minimum atomic E-state index is -0.711. The molecule has 146 valence electrons. The van der Waals surface area contributed by atoms with Crippen molar-refractivity contribution in [3.63, 3.8) is 0 Å². The van der Waals surface area contributed by atoms with Crippen LogP contribution >= 0.6 is 0 Å².